The number of aryl methyl sites for hydroxylation is 1. The molecule has 185 valence electrons. The van der Waals surface area contributed by atoms with Crippen molar-refractivity contribution in [2.24, 2.45) is 0 Å². The van der Waals surface area contributed by atoms with Crippen molar-refractivity contribution in [2.75, 3.05) is 7.11 Å². The van der Waals surface area contributed by atoms with Crippen LogP contribution in [0.4, 0.5) is 0 Å². The van der Waals surface area contributed by atoms with E-state index in [1.165, 1.54) is 7.28 Å². The van der Waals surface area contributed by atoms with Gasteiger partial charge in [-0.25, -0.2) is 5.26 Å². The average Bonchev–Trinajstić information content (AvgIpc) is 2.92. The van der Waals surface area contributed by atoms with Gasteiger partial charge in [0.05, 0.1) is 6.04 Å². The molecule has 1 heterocycles. The van der Waals surface area contributed by atoms with Gasteiger partial charge in [0.15, 0.2) is 0 Å². The minimum atomic E-state index is -0.641. The van der Waals surface area contributed by atoms with E-state index in [0.717, 1.165) is 36.7 Å². The molecule has 3 unspecified atom stereocenters. The molecule has 1 amide bonds. The Hall–Kier alpha value is -1.93. The maximum Gasteiger partial charge on any atom is 1.00 e. The van der Waals surface area contributed by atoms with Crippen molar-refractivity contribution >= 4 is 19.5 Å². The van der Waals surface area contributed by atoms with Gasteiger partial charge in [-0.05, 0) is 48.7 Å². The molecule has 1 aliphatic carbocycles. The van der Waals surface area contributed by atoms with E-state index in [0.29, 0.717) is 12.8 Å². The van der Waals surface area contributed by atoms with Gasteiger partial charge in [0, 0.05) is 19.3 Å². The second kappa shape index (κ2) is 21.2. The smallest absolute Gasteiger partial charge is 0.664 e. The third-order valence-electron chi connectivity index (χ3n) is 5.16. The number of allylic oxidation sites excluding steroid dienone is 3. The fraction of sp³-hybridized carbons (Fsp3) is 0.370. The zero-order chi connectivity index (χ0) is 25.9. The van der Waals surface area contributed by atoms with E-state index in [1.807, 2.05) is 80.7 Å². The van der Waals surface area contributed by atoms with Gasteiger partial charge in [-0.1, -0.05) is 74.6 Å². The number of amides is 1. The Morgan fingerprint density at radius 1 is 1.25 bits per heavy atom. The van der Waals surface area contributed by atoms with E-state index in [4.69, 9.17) is 15.7 Å². The number of nitrogens with zero attached hydrogens (tertiary/aromatic N) is 2. The molecule has 0 aromatic heterocycles. The number of carbonyl (C=O) groups is 2. The topological polar surface area (TPSA) is 116 Å². The van der Waals surface area contributed by atoms with Gasteiger partial charge in [0.25, 0.3) is 7.28 Å². The van der Waals surface area contributed by atoms with Gasteiger partial charge in [0.1, 0.15) is 6.29 Å². The summed E-state index contributed by atoms with van der Waals surface area (Å²) in [6.45, 7) is 4.00. The van der Waals surface area contributed by atoms with Gasteiger partial charge < -0.3 is 25.9 Å². The first-order chi connectivity index (χ1) is 17.2. The van der Waals surface area contributed by atoms with Crippen molar-refractivity contribution in [3.63, 3.8) is 0 Å². The molecule has 1 aromatic carbocycles. The van der Waals surface area contributed by atoms with Crippen LogP contribution in [-0.2, 0) is 16.0 Å². The summed E-state index contributed by atoms with van der Waals surface area (Å²) in [7, 11) is 2.28. The summed E-state index contributed by atoms with van der Waals surface area (Å²) in [6, 6.07) is 10.2. The number of carbonyl (C=O) groups excluding carboxylic acids is 2. The van der Waals surface area contributed by atoms with Crippen LogP contribution >= 0.6 is 0 Å². The van der Waals surface area contributed by atoms with Crippen LogP contribution in [0.25, 0.3) is 5.32 Å². The number of hydrogen-bond donors (Lipinski definition) is 3. The third kappa shape index (κ3) is 12.3. The number of dihydropyridines is 1. The zero-order valence-corrected chi connectivity index (χ0v) is 24.8. The quantitative estimate of drug-likeness (QED) is 0.300. The molecule has 0 saturated carbocycles. The van der Waals surface area contributed by atoms with E-state index in [2.05, 4.69) is 16.7 Å². The van der Waals surface area contributed by atoms with Crippen molar-refractivity contribution < 1.29 is 66.1 Å². The SMILES string of the molecule is CC.CO.N#C[B]C(CCC=O)C(=O)NC(CCc1ccccc1)[N-]C1=CNC2C=CC=CC2=C1.[K+]. The van der Waals surface area contributed by atoms with Gasteiger partial charge in [-0.2, -0.15) is 0 Å². The van der Waals surface area contributed by atoms with Gasteiger partial charge in [-0.3, -0.25) is 4.79 Å². The average molecular weight is 514 g/mol. The Labute approximate surface area is 258 Å². The summed E-state index contributed by atoms with van der Waals surface area (Å²) in [5, 5.41) is 27.1. The normalized spacial score (nSPS) is 16.0. The number of nitriles is 1. The molecule has 3 rings (SSSR count). The largest absolute Gasteiger partial charge is 1.00 e. The molecule has 0 spiro atoms. The molecule has 3 atom stereocenters. The zero-order valence-electron chi connectivity index (χ0n) is 21.7. The van der Waals surface area contributed by atoms with Crippen LogP contribution < -0.4 is 62.0 Å². The van der Waals surface area contributed by atoms with Crippen molar-refractivity contribution in [1.82, 2.24) is 10.6 Å². The van der Waals surface area contributed by atoms with E-state index in [9.17, 15) is 9.59 Å². The Bertz CT molecular complexity index is 942. The first-order valence-electron chi connectivity index (χ1n) is 11.9. The van der Waals surface area contributed by atoms with Crippen molar-refractivity contribution in [2.45, 2.75) is 57.6 Å². The second-order valence-corrected chi connectivity index (χ2v) is 7.43. The van der Waals surface area contributed by atoms with Gasteiger partial charge in [0.2, 0.25) is 5.91 Å². The Morgan fingerprint density at radius 2 is 1.97 bits per heavy atom. The monoisotopic (exact) mass is 513 g/mol. The van der Waals surface area contributed by atoms with Crippen molar-refractivity contribution in [1.29, 1.82) is 5.26 Å². The first-order valence-corrected chi connectivity index (χ1v) is 11.9. The molecular formula is C27H35BKN4O3. The number of rotatable bonds is 11. The predicted molar refractivity (Wildman–Crippen MR) is 141 cm³/mol. The summed E-state index contributed by atoms with van der Waals surface area (Å²) in [5.41, 5.74) is 3.02. The molecule has 7 nitrogen and oxygen atoms in total. The number of benzene rings is 1. The molecule has 2 aliphatic rings. The van der Waals surface area contributed by atoms with Crippen LogP contribution in [0, 0.1) is 11.2 Å². The molecule has 0 fully saturated rings. The molecule has 0 bridgehead atoms. The Kier molecular flexibility index (Phi) is 20.0. The van der Waals surface area contributed by atoms with Crippen LogP contribution in [0.1, 0.15) is 38.7 Å². The molecule has 1 aliphatic heterocycles. The minimum absolute atomic E-state index is 0. The molecule has 36 heavy (non-hydrogen) atoms. The fourth-order valence-electron chi connectivity index (χ4n) is 3.50. The summed E-state index contributed by atoms with van der Waals surface area (Å²) in [6.07, 6.45) is 14.2. The van der Waals surface area contributed by atoms with Crippen molar-refractivity contribution in [3.8, 4) is 5.97 Å². The van der Waals surface area contributed by atoms with E-state index in [-0.39, 0.29) is 69.8 Å². The van der Waals surface area contributed by atoms with Crippen LogP contribution in [-0.4, -0.2) is 43.9 Å². The van der Waals surface area contributed by atoms with E-state index in [1.54, 1.807) is 0 Å². The number of aldehydes is 1. The van der Waals surface area contributed by atoms with Gasteiger partial charge >= 0.3 is 51.4 Å². The number of hydrogen-bond acceptors (Lipinski definition) is 5. The molecule has 1 aromatic rings. The first kappa shape index (κ1) is 34.1. The summed E-state index contributed by atoms with van der Waals surface area (Å²) in [5.74, 6) is 0.991. The van der Waals surface area contributed by atoms with Crippen LogP contribution in [0.5, 0.6) is 0 Å². The standard InChI is InChI=1S/C24H25BN4O2.C2H6.CH4O.K/c26-17-25-21(10-6-14-30)24(31)29-23(13-12-18-7-2-1-3-8-18)28-20-15-19-9-4-5-11-22(19)27-16-20;2*1-2;/h1-5,7-9,11,14-16,21-23,27H,6,10,12-13H2,(H,29,31);1-2H3;2H,1H3;/q-1;;;+1. The maximum atomic E-state index is 12.8. The number of fused-ring (bicyclic) bond motifs is 1. The second-order valence-electron chi connectivity index (χ2n) is 7.43. The molecule has 3 N–H and O–H groups in total. The van der Waals surface area contributed by atoms with Crippen LogP contribution in [0.2, 0.25) is 5.82 Å². The fourth-order valence-corrected chi connectivity index (χ4v) is 3.50. The number of aliphatic hydroxyl groups is 1. The molecule has 0 saturated heterocycles. The number of nitrogens with one attached hydrogen (secondary N) is 2. The van der Waals surface area contributed by atoms with E-state index < -0.39 is 12.0 Å². The van der Waals surface area contributed by atoms with Crippen molar-refractivity contribution in [3.05, 3.63) is 89.1 Å². The maximum absolute atomic E-state index is 12.8. The predicted octanol–water partition coefficient (Wildman–Crippen LogP) is 0.892. The van der Waals surface area contributed by atoms with Crippen LogP contribution in [0.15, 0.2) is 78.2 Å². The summed E-state index contributed by atoms with van der Waals surface area (Å²) >= 11 is 0. The van der Waals surface area contributed by atoms with Crippen LogP contribution in [0.3, 0.4) is 0 Å². The molecule has 9 heteroatoms. The third-order valence-corrected chi connectivity index (χ3v) is 5.16. The molecule has 1 radical (unpaired) electrons. The summed E-state index contributed by atoms with van der Waals surface area (Å²) in [4.78, 5) is 23.5. The van der Waals surface area contributed by atoms with E-state index >= 15 is 0 Å². The Morgan fingerprint density at radius 3 is 2.64 bits per heavy atom. The Balaban J connectivity index is 0.00000233. The molecular weight excluding hydrogens is 478 g/mol. The van der Waals surface area contributed by atoms with Gasteiger partial charge in [-0.15, -0.1) is 5.70 Å². The minimum Gasteiger partial charge on any atom is -0.664 e. The summed E-state index contributed by atoms with van der Waals surface area (Å²) < 4.78 is 0. The number of aliphatic hydroxyl groups excluding tert-OH is 1.